The Hall–Kier alpha value is -0.570. The fourth-order valence-electron chi connectivity index (χ4n) is 1.25. The van der Waals surface area contributed by atoms with Crippen LogP contribution in [0.3, 0.4) is 0 Å². The van der Waals surface area contributed by atoms with E-state index in [0.717, 1.165) is 11.1 Å². The van der Waals surface area contributed by atoms with Crippen LogP contribution < -0.4 is 5.73 Å². The first kappa shape index (κ1) is 10.5. The minimum absolute atomic E-state index is 0.264. The van der Waals surface area contributed by atoms with Gasteiger partial charge in [0.2, 0.25) is 0 Å². The molecule has 0 radical (unpaired) electrons. The molecule has 0 unspecified atom stereocenters. The molecule has 0 aromatic heterocycles. The van der Waals surface area contributed by atoms with Crippen molar-refractivity contribution in [3.63, 3.8) is 0 Å². The Labute approximate surface area is 83.3 Å². The molecule has 13 heavy (non-hydrogen) atoms. The number of nitrogens with two attached hydrogens (primary N) is 1. The molecule has 0 saturated heterocycles. The van der Waals surface area contributed by atoms with E-state index >= 15 is 0 Å². The monoisotopic (exact) mass is 199 g/mol. The lowest BCUT2D eigenvalue weighted by Crippen LogP contribution is -2.24. The van der Waals surface area contributed by atoms with Crippen LogP contribution in [-0.2, 0) is 0 Å². The number of hydrogen-bond acceptors (Lipinski definition) is 2. The molecule has 0 aliphatic rings. The van der Waals surface area contributed by atoms with E-state index in [0.29, 0.717) is 5.02 Å². The summed E-state index contributed by atoms with van der Waals surface area (Å²) in [6.07, 6.45) is -0.614. The number of aliphatic hydroxyl groups excluding tert-OH is 1. The molecule has 0 spiro atoms. The highest BCUT2D eigenvalue weighted by atomic mass is 35.5. The summed E-state index contributed by atoms with van der Waals surface area (Å²) in [5, 5.41) is 10.4. The molecule has 1 aromatic rings. The zero-order chi connectivity index (χ0) is 10.0. The highest BCUT2D eigenvalue weighted by molar-refractivity contribution is 6.30. The Balaban J connectivity index is 3.01. The van der Waals surface area contributed by atoms with Gasteiger partial charge in [-0.05, 0) is 37.1 Å². The van der Waals surface area contributed by atoms with E-state index in [-0.39, 0.29) is 6.04 Å². The van der Waals surface area contributed by atoms with Crippen molar-refractivity contribution in [2.75, 3.05) is 0 Å². The fraction of sp³-hybridized carbons (Fsp3) is 0.400. The molecule has 0 heterocycles. The van der Waals surface area contributed by atoms with Crippen LogP contribution >= 0.6 is 11.6 Å². The van der Waals surface area contributed by atoms with Crippen LogP contribution in [-0.4, -0.2) is 11.1 Å². The zero-order valence-electron chi connectivity index (χ0n) is 7.79. The third-order valence-electron chi connectivity index (χ3n) is 2.05. The molecule has 1 rings (SSSR count). The maximum atomic E-state index is 9.70. The summed E-state index contributed by atoms with van der Waals surface area (Å²) in [6.45, 7) is 3.69. The minimum Gasteiger partial charge on any atom is -0.387 e. The molecule has 3 N–H and O–H groups in total. The van der Waals surface area contributed by atoms with Crippen LogP contribution in [0.2, 0.25) is 5.02 Å². The Bertz CT molecular complexity index is 299. The summed E-state index contributed by atoms with van der Waals surface area (Å²) in [5.74, 6) is 0. The van der Waals surface area contributed by atoms with Crippen molar-refractivity contribution in [3.05, 3.63) is 34.3 Å². The molecule has 0 saturated carbocycles. The summed E-state index contributed by atoms with van der Waals surface area (Å²) in [7, 11) is 0. The van der Waals surface area contributed by atoms with Crippen LogP contribution in [0.15, 0.2) is 18.2 Å². The van der Waals surface area contributed by atoms with Gasteiger partial charge < -0.3 is 10.8 Å². The SMILES string of the molecule is Cc1cc(Cl)ccc1[C@@H](O)[C@H](C)N. The van der Waals surface area contributed by atoms with Gasteiger partial charge >= 0.3 is 0 Å². The van der Waals surface area contributed by atoms with Crippen molar-refractivity contribution in [2.24, 2.45) is 5.73 Å². The van der Waals surface area contributed by atoms with Gasteiger partial charge in [0.25, 0.3) is 0 Å². The number of aryl methyl sites for hydroxylation is 1. The number of benzene rings is 1. The summed E-state index contributed by atoms with van der Waals surface area (Å²) in [4.78, 5) is 0. The summed E-state index contributed by atoms with van der Waals surface area (Å²) in [6, 6.07) is 5.13. The van der Waals surface area contributed by atoms with Gasteiger partial charge in [0.15, 0.2) is 0 Å². The van der Waals surface area contributed by atoms with E-state index in [1.807, 2.05) is 19.1 Å². The van der Waals surface area contributed by atoms with Crippen LogP contribution in [0.5, 0.6) is 0 Å². The van der Waals surface area contributed by atoms with Gasteiger partial charge in [0.1, 0.15) is 0 Å². The van der Waals surface area contributed by atoms with Crippen LogP contribution in [0, 0.1) is 6.92 Å². The van der Waals surface area contributed by atoms with Crippen molar-refractivity contribution in [3.8, 4) is 0 Å². The molecule has 3 heteroatoms. The Morgan fingerprint density at radius 3 is 2.54 bits per heavy atom. The van der Waals surface area contributed by atoms with E-state index in [4.69, 9.17) is 17.3 Å². The lowest BCUT2D eigenvalue weighted by Gasteiger charge is -2.17. The second-order valence-electron chi connectivity index (χ2n) is 3.30. The predicted molar refractivity (Wildman–Crippen MR) is 54.8 cm³/mol. The van der Waals surface area contributed by atoms with Crippen LogP contribution in [0.4, 0.5) is 0 Å². The third-order valence-corrected chi connectivity index (χ3v) is 2.28. The van der Waals surface area contributed by atoms with Gasteiger partial charge in [0, 0.05) is 11.1 Å². The Morgan fingerprint density at radius 1 is 1.46 bits per heavy atom. The summed E-state index contributed by atoms with van der Waals surface area (Å²) >= 11 is 5.79. The first-order valence-electron chi connectivity index (χ1n) is 4.22. The highest BCUT2D eigenvalue weighted by Crippen LogP contribution is 2.22. The van der Waals surface area contributed by atoms with Crippen molar-refractivity contribution in [1.29, 1.82) is 0 Å². The Morgan fingerprint density at radius 2 is 2.08 bits per heavy atom. The minimum atomic E-state index is -0.614. The largest absolute Gasteiger partial charge is 0.387 e. The number of aliphatic hydroxyl groups is 1. The van der Waals surface area contributed by atoms with Gasteiger partial charge in [-0.1, -0.05) is 17.7 Å². The molecule has 0 aliphatic carbocycles. The molecule has 2 nitrogen and oxygen atoms in total. The molecular formula is C10H14ClNO. The predicted octanol–water partition coefficient (Wildman–Crippen LogP) is 2.03. The van der Waals surface area contributed by atoms with Crippen LogP contribution in [0.1, 0.15) is 24.2 Å². The smallest absolute Gasteiger partial charge is 0.0940 e. The van der Waals surface area contributed by atoms with Crippen molar-refractivity contribution in [1.82, 2.24) is 0 Å². The van der Waals surface area contributed by atoms with Gasteiger partial charge in [-0.25, -0.2) is 0 Å². The topological polar surface area (TPSA) is 46.2 Å². The summed E-state index contributed by atoms with van der Waals surface area (Å²) < 4.78 is 0. The molecule has 1 aromatic carbocycles. The number of halogens is 1. The quantitative estimate of drug-likeness (QED) is 0.766. The van der Waals surface area contributed by atoms with Gasteiger partial charge in [-0.3, -0.25) is 0 Å². The van der Waals surface area contributed by atoms with E-state index in [1.165, 1.54) is 0 Å². The maximum absolute atomic E-state index is 9.70. The average molecular weight is 200 g/mol. The molecule has 2 atom stereocenters. The van der Waals surface area contributed by atoms with Gasteiger partial charge in [-0.15, -0.1) is 0 Å². The molecule has 0 aliphatic heterocycles. The van der Waals surface area contributed by atoms with Crippen molar-refractivity contribution >= 4 is 11.6 Å². The maximum Gasteiger partial charge on any atom is 0.0940 e. The van der Waals surface area contributed by atoms with Gasteiger partial charge in [0.05, 0.1) is 6.10 Å². The van der Waals surface area contributed by atoms with Crippen molar-refractivity contribution < 1.29 is 5.11 Å². The lowest BCUT2D eigenvalue weighted by molar-refractivity contribution is 0.152. The van der Waals surface area contributed by atoms with E-state index in [9.17, 15) is 5.11 Å². The first-order valence-corrected chi connectivity index (χ1v) is 4.60. The molecule has 72 valence electrons. The molecule has 0 amide bonds. The third kappa shape index (κ3) is 2.44. The van der Waals surface area contributed by atoms with Gasteiger partial charge in [-0.2, -0.15) is 0 Å². The zero-order valence-corrected chi connectivity index (χ0v) is 8.55. The second kappa shape index (κ2) is 4.09. The number of rotatable bonds is 2. The molecule has 0 bridgehead atoms. The first-order chi connectivity index (χ1) is 6.02. The van der Waals surface area contributed by atoms with E-state index < -0.39 is 6.10 Å². The number of hydrogen-bond donors (Lipinski definition) is 2. The molecule has 0 fully saturated rings. The highest BCUT2D eigenvalue weighted by Gasteiger charge is 2.14. The second-order valence-corrected chi connectivity index (χ2v) is 3.74. The normalized spacial score (nSPS) is 15.5. The van der Waals surface area contributed by atoms with E-state index in [1.54, 1.807) is 13.0 Å². The summed E-state index contributed by atoms with van der Waals surface area (Å²) in [5.41, 5.74) is 7.41. The Kier molecular flexibility index (Phi) is 3.31. The van der Waals surface area contributed by atoms with Crippen LogP contribution in [0.25, 0.3) is 0 Å². The standard InChI is InChI=1S/C10H14ClNO/c1-6-5-8(11)3-4-9(6)10(13)7(2)12/h3-5,7,10,13H,12H2,1-2H3/t7-,10-/m0/s1. The molecular weight excluding hydrogens is 186 g/mol. The van der Waals surface area contributed by atoms with Crippen molar-refractivity contribution in [2.45, 2.75) is 26.0 Å². The fourth-order valence-corrected chi connectivity index (χ4v) is 1.48. The lowest BCUT2D eigenvalue weighted by atomic mass is 9.99. The van der Waals surface area contributed by atoms with E-state index in [2.05, 4.69) is 0 Å². The average Bonchev–Trinajstić information content (AvgIpc) is 2.03.